The van der Waals surface area contributed by atoms with Gasteiger partial charge in [-0.1, -0.05) is 52.1 Å². The third kappa shape index (κ3) is 4.75. The second kappa shape index (κ2) is 8.76. The summed E-state index contributed by atoms with van der Waals surface area (Å²) >= 11 is 18.2. The average Bonchev–Trinajstić information content (AvgIpc) is 3.18. The molecule has 0 saturated carbocycles. The molecule has 0 bridgehead atoms. The molecule has 0 N–H and O–H groups in total. The van der Waals surface area contributed by atoms with Crippen LogP contribution in [0.5, 0.6) is 0 Å². The SMILES string of the molecule is O=C(c1cc(-c2ccc(Cl)cc2Cl)on1)N1CCN(Cc2cccc(Cl)c2)CC1. The number of rotatable bonds is 4. The summed E-state index contributed by atoms with van der Waals surface area (Å²) in [7, 11) is 0. The zero-order chi connectivity index (χ0) is 20.4. The van der Waals surface area contributed by atoms with Crippen molar-refractivity contribution in [3.05, 3.63) is 74.9 Å². The quantitative estimate of drug-likeness (QED) is 0.544. The highest BCUT2D eigenvalue weighted by atomic mass is 35.5. The van der Waals surface area contributed by atoms with E-state index >= 15 is 0 Å². The highest BCUT2D eigenvalue weighted by Gasteiger charge is 2.25. The summed E-state index contributed by atoms with van der Waals surface area (Å²) in [5, 5.41) is 5.66. The molecule has 0 aliphatic carbocycles. The minimum atomic E-state index is -0.146. The number of aromatic nitrogens is 1. The first-order chi connectivity index (χ1) is 14.0. The van der Waals surface area contributed by atoms with Gasteiger partial charge in [0.05, 0.1) is 5.02 Å². The summed E-state index contributed by atoms with van der Waals surface area (Å²) in [6, 6.07) is 14.6. The lowest BCUT2D eigenvalue weighted by atomic mass is 10.1. The Hall–Kier alpha value is -2.05. The average molecular weight is 451 g/mol. The lowest BCUT2D eigenvalue weighted by Crippen LogP contribution is -2.48. The summed E-state index contributed by atoms with van der Waals surface area (Å²) in [5.41, 5.74) is 2.08. The van der Waals surface area contributed by atoms with Crippen molar-refractivity contribution in [2.45, 2.75) is 6.54 Å². The molecule has 2 aromatic carbocycles. The normalized spacial score (nSPS) is 14.9. The molecule has 1 fully saturated rings. The van der Waals surface area contributed by atoms with Crippen molar-refractivity contribution in [3.8, 4) is 11.3 Å². The van der Waals surface area contributed by atoms with Crippen LogP contribution in [-0.2, 0) is 6.54 Å². The fourth-order valence-corrected chi connectivity index (χ4v) is 4.07. The van der Waals surface area contributed by atoms with Crippen molar-refractivity contribution in [2.24, 2.45) is 0 Å². The molecule has 1 aliphatic rings. The molecule has 1 aliphatic heterocycles. The number of nitrogens with zero attached hydrogens (tertiary/aromatic N) is 3. The summed E-state index contributed by atoms with van der Waals surface area (Å²) in [4.78, 5) is 16.9. The largest absolute Gasteiger partial charge is 0.355 e. The van der Waals surface area contributed by atoms with Crippen LogP contribution in [-0.4, -0.2) is 47.0 Å². The second-order valence-corrected chi connectivity index (χ2v) is 8.18. The van der Waals surface area contributed by atoms with Crippen LogP contribution in [0.3, 0.4) is 0 Å². The Labute approximate surface area is 183 Å². The van der Waals surface area contributed by atoms with Crippen molar-refractivity contribution in [2.75, 3.05) is 26.2 Å². The van der Waals surface area contributed by atoms with Crippen LogP contribution in [0.2, 0.25) is 15.1 Å². The van der Waals surface area contributed by atoms with E-state index < -0.39 is 0 Å². The van der Waals surface area contributed by atoms with Crippen LogP contribution in [0, 0.1) is 0 Å². The van der Waals surface area contributed by atoms with Gasteiger partial charge in [-0.2, -0.15) is 0 Å². The van der Waals surface area contributed by atoms with Crippen LogP contribution >= 0.6 is 34.8 Å². The lowest BCUT2D eigenvalue weighted by Gasteiger charge is -2.34. The van der Waals surface area contributed by atoms with Crippen LogP contribution in [0.25, 0.3) is 11.3 Å². The number of benzene rings is 2. The van der Waals surface area contributed by atoms with E-state index in [1.807, 2.05) is 18.2 Å². The maximum Gasteiger partial charge on any atom is 0.276 e. The van der Waals surface area contributed by atoms with Gasteiger partial charge in [0.2, 0.25) is 0 Å². The molecular formula is C21H18Cl3N3O2. The van der Waals surface area contributed by atoms with E-state index in [9.17, 15) is 4.79 Å². The molecule has 8 heteroatoms. The number of carbonyl (C=O) groups is 1. The number of hydrogen-bond donors (Lipinski definition) is 0. The molecule has 0 radical (unpaired) electrons. The Morgan fingerprint density at radius 3 is 2.45 bits per heavy atom. The van der Waals surface area contributed by atoms with Gasteiger partial charge in [0.1, 0.15) is 0 Å². The summed E-state index contributed by atoms with van der Waals surface area (Å²) < 4.78 is 5.35. The van der Waals surface area contributed by atoms with Gasteiger partial charge in [0.25, 0.3) is 5.91 Å². The predicted molar refractivity (Wildman–Crippen MR) is 115 cm³/mol. The van der Waals surface area contributed by atoms with Gasteiger partial charge in [0.15, 0.2) is 11.5 Å². The highest BCUT2D eigenvalue weighted by molar-refractivity contribution is 6.36. The van der Waals surface area contributed by atoms with Gasteiger partial charge in [-0.3, -0.25) is 9.69 Å². The lowest BCUT2D eigenvalue weighted by molar-refractivity contribution is 0.0618. The van der Waals surface area contributed by atoms with E-state index in [4.69, 9.17) is 39.3 Å². The zero-order valence-corrected chi connectivity index (χ0v) is 17.7. The minimum Gasteiger partial charge on any atom is -0.355 e. The zero-order valence-electron chi connectivity index (χ0n) is 15.4. The van der Waals surface area contributed by atoms with Crippen molar-refractivity contribution in [3.63, 3.8) is 0 Å². The van der Waals surface area contributed by atoms with Crippen molar-refractivity contribution in [1.29, 1.82) is 0 Å². The third-order valence-corrected chi connectivity index (χ3v) is 5.66. The topological polar surface area (TPSA) is 49.6 Å². The van der Waals surface area contributed by atoms with Gasteiger partial charge < -0.3 is 9.42 Å². The standard InChI is InChI=1S/C21H18Cl3N3O2/c22-15-3-1-2-14(10-15)13-26-6-8-27(9-7-26)21(28)19-12-20(29-25-19)17-5-4-16(23)11-18(17)24/h1-5,10-12H,6-9,13H2. The molecule has 3 aromatic rings. The number of piperazine rings is 1. The Morgan fingerprint density at radius 2 is 1.72 bits per heavy atom. The maximum absolute atomic E-state index is 12.8. The first-order valence-corrected chi connectivity index (χ1v) is 10.3. The maximum atomic E-state index is 12.8. The first kappa shape index (κ1) is 20.2. The molecule has 0 unspecified atom stereocenters. The van der Waals surface area contributed by atoms with Gasteiger partial charge in [0, 0.05) is 54.4 Å². The molecular weight excluding hydrogens is 433 g/mol. The van der Waals surface area contributed by atoms with Gasteiger partial charge in [-0.05, 0) is 35.9 Å². The summed E-state index contributed by atoms with van der Waals surface area (Å²) in [5.74, 6) is 0.294. The molecule has 1 amide bonds. The smallest absolute Gasteiger partial charge is 0.276 e. The van der Waals surface area contributed by atoms with Crippen LogP contribution in [0.15, 0.2) is 53.1 Å². The number of halogens is 3. The number of amides is 1. The fraction of sp³-hybridized carbons (Fsp3) is 0.238. The molecule has 2 heterocycles. The minimum absolute atomic E-state index is 0.146. The van der Waals surface area contributed by atoms with Crippen LogP contribution < -0.4 is 0 Å². The molecule has 150 valence electrons. The van der Waals surface area contributed by atoms with Crippen LogP contribution in [0.4, 0.5) is 0 Å². The molecule has 1 saturated heterocycles. The molecule has 1 aromatic heterocycles. The van der Waals surface area contributed by atoms with E-state index in [-0.39, 0.29) is 11.6 Å². The van der Waals surface area contributed by atoms with E-state index in [0.717, 1.165) is 24.7 Å². The van der Waals surface area contributed by atoms with Crippen molar-refractivity contribution in [1.82, 2.24) is 15.0 Å². The molecule has 29 heavy (non-hydrogen) atoms. The van der Waals surface area contributed by atoms with E-state index in [1.165, 1.54) is 5.56 Å². The van der Waals surface area contributed by atoms with Gasteiger partial charge in [-0.15, -0.1) is 0 Å². The molecule has 0 spiro atoms. The van der Waals surface area contributed by atoms with Crippen LogP contribution in [0.1, 0.15) is 16.1 Å². The Morgan fingerprint density at radius 1 is 0.966 bits per heavy atom. The number of hydrogen-bond acceptors (Lipinski definition) is 4. The second-order valence-electron chi connectivity index (χ2n) is 6.90. The summed E-state index contributed by atoms with van der Waals surface area (Å²) in [6.45, 7) is 3.64. The fourth-order valence-electron chi connectivity index (χ4n) is 3.36. The molecule has 4 rings (SSSR count). The van der Waals surface area contributed by atoms with Crippen molar-refractivity contribution < 1.29 is 9.32 Å². The van der Waals surface area contributed by atoms with E-state index in [2.05, 4.69) is 16.1 Å². The Bertz CT molecular complexity index is 1030. The van der Waals surface area contributed by atoms with Gasteiger partial charge >= 0.3 is 0 Å². The van der Waals surface area contributed by atoms with E-state index in [1.54, 1.807) is 29.2 Å². The predicted octanol–water partition coefficient (Wildman–Crippen LogP) is 5.26. The Balaban J connectivity index is 1.38. The third-order valence-electron chi connectivity index (χ3n) is 4.88. The highest BCUT2D eigenvalue weighted by Crippen LogP contribution is 2.31. The monoisotopic (exact) mass is 449 g/mol. The van der Waals surface area contributed by atoms with E-state index in [0.29, 0.717) is 34.5 Å². The molecule has 0 atom stereocenters. The van der Waals surface area contributed by atoms with Crippen molar-refractivity contribution >= 4 is 40.7 Å². The number of carbonyl (C=O) groups excluding carboxylic acids is 1. The summed E-state index contributed by atoms with van der Waals surface area (Å²) in [6.07, 6.45) is 0. The molecule has 5 nitrogen and oxygen atoms in total. The first-order valence-electron chi connectivity index (χ1n) is 9.18. The van der Waals surface area contributed by atoms with Gasteiger partial charge in [-0.25, -0.2) is 0 Å². The Kier molecular flexibility index (Phi) is 6.11.